The predicted octanol–water partition coefficient (Wildman–Crippen LogP) is 4.29. The van der Waals surface area contributed by atoms with E-state index < -0.39 is 0 Å². The zero-order valence-corrected chi connectivity index (χ0v) is 13.7. The lowest BCUT2D eigenvalue weighted by atomic mass is 10.2. The Labute approximate surface area is 130 Å². The minimum Gasteiger partial charge on any atom is -0.347 e. The van der Waals surface area contributed by atoms with Gasteiger partial charge in [0, 0.05) is 14.2 Å². The smallest absolute Gasteiger partial charge is 0.252 e. The lowest BCUT2D eigenvalue weighted by Crippen LogP contribution is -2.23. The fourth-order valence-corrected chi connectivity index (χ4v) is 3.33. The van der Waals surface area contributed by atoms with E-state index in [1.54, 1.807) is 17.4 Å². The number of benzene rings is 1. The van der Waals surface area contributed by atoms with E-state index in [0.29, 0.717) is 12.1 Å². The molecule has 1 N–H and O–H groups in total. The zero-order chi connectivity index (χ0) is 13.8. The molecule has 1 heterocycles. The average molecular weight is 356 g/mol. The number of carbonyl (C=O) groups is 1. The number of hydrogen-bond acceptors (Lipinski definition) is 3. The van der Waals surface area contributed by atoms with Gasteiger partial charge in [-0.05, 0) is 57.6 Å². The lowest BCUT2D eigenvalue weighted by Gasteiger charge is -2.07. The first-order valence-electron chi connectivity index (χ1n) is 5.93. The highest BCUT2D eigenvalue weighted by atomic mass is 79.9. The van der Waals surface area contributed by atoms with Crippen molar-refractivity contribution in [3.63, 3.8) is 0 Å². The van der Waals surface area contributed by atoms with Crippen LogP contribution in [0.15, 0.2) is 39.0 Å². The summed E-state index contributed by atoms with van der Waals surface area (Å²) < 4.78 is 0.782. The minimum atomic E-state index is -0.0850. The number of hydrogen-bond donors (Lipinski definition) is 2. The summed E-state index contributed by atoms with van der Waals surface area (Å²) in [6, 6.07) is 7.55. The second kappa shape index (κ2) is 6.59. The standard InChI is InChI=1S/C14H14BrNOS2/c1-2-9-5-6-19-13(9)8-16-14(17)11-7-10(18)3-4-12(11)15/h3-7,18H,2,8H2,1H3,(H,16,17). The number of nitrogens with one attached hydrogen (secondary N) is 1. The molecule has 100 valence electrons. The molecule has 0 atom stereocenters. The van der Waals surface area contributed by atoms with Crippen molar-refractivity contribution < 1.29 is 4.79 Å². The van der Waals surface area contributed by atoms with Crippen molar-refractivity contribution in [1.29, 1.82) is 0 Å². The number of rotatable bonds is 4. The van der Waals surface area contributed by atoms with E-state index in [1.807, 2.05) is 12.1 Å². The van der Waals surface area contributed by atoms with Gasteiger partial charge in [0.05, 0.1) is 12.1 Å². The van der Waals surface area contributed by atoms with Gasteiger partial charge >= 0.3 is 0 Å². The van der Waals surface area contributed by atoms with Crippen LogP contribution in [0.1, 0.15) is 27.7 Å². The molecule has 1 amide bonds. The Balaban J connectivity index is 2.07. The lowest BCUT2D eigenvalue weighted by molar-refractivity contribution is 0.0950. The van der Waals surface area contributed by atoms with Crippen molar-refractivity contribution in [2.24, 2.45) is 0 Å². The molecule has 5 heteroatoms. The Morgan fingerprint density at radius 1 is 1.42 bits per heavy atom. The van der Waals surface area contributed by atoms with Gasteiger partial charge in [0.15, 0.2) is 0 Å². The van der Waals surface area contributed by atoms with Gasteiger partial charge in [0.25, 0.3) is 5.91 Å². The monoisotopic (exact) mass is 355 g/mol. The van der Waals surface area contributed by atoms with E-state index >= 15 is 0 Å². The number of aryl methyl sites for hydroxylation is 1. The van der Waals surface area contributed by atoms with Gasteiger partial charge in [-0.25, -0.2) is 0 Å². The Kier molecular flexibility index (Phi) is 5.07. The summed E-state index contributed by atoms with van der Waals surface area (Å²) in [6.07, 6.45) is 0.991. The second-order valence-electron chi connectivity index (χ2n) is 4.07. The van der Waals surface area contributed by atoms with Crippen LogP contribution in [0.3, 0.4) is 0 Å². The fourth-order valence-electron chi connectivity index (χ4n) is 1.78. The van der Waals surface area contributed by atoms with Crippen LogP contribution in [0.25, 0.3) is 0 Å². The minimum absolute atomic E-state index is 0.0850. The Hall–Kier alpha value is -0.780. The van der Waals surface area contributed by atoms with Crippen LogP contribution < -0.4 is 5.32 Å². The van der Waals surface area contributed by atoms with E-state index in [4.69, 9.17) is 0 Å². The highest BCUT2D eigenvalue weighted by Gasteiger charge is 2.11. The number of halogens is 1. The van der Waals surface area contributed by atoms with Crippen molar-refractivity contribution in [3.05, 3.63) is 50.1 Å². The molecule has 2 nitrogen and oxygen atoms in total. The highest BCUT2D eigenvalue weighted by molar-refractivity contribution is 9.10. The summed E-state index contributed by atoms with van der Waals surface area (Å²) in [5, 5.41) is 5.01. The van der Waals surface area contributed by atoms with E-state index in [-0.39, 0.29) is 5.91 Å². The molecule has 0 unspecified atom stereocenters. The van der Waals surface area contributed by atoms with Gasteiger partial charge < -0.3 is 5.32 Å². The topological polar surface area (TPSA) is 29.1 Å². The average Bonchev–Trinajstić information content (AvgIpc) is 2.86. The van der Waals surface area contributed by atoms with Gasteiger partial charge in [-0.1, -0.05) is 6.92 Å². The molecule has 0 saturated heterocycles. The quantitative estimate of drug-likeness (QED) is 0.786. The first kappa shape index (κ1) is 14.6. The van der Waals surface area contributed by atoms with Gasteiger partial charge in [0.2, 0.25) is 0 Å². The van der Waals surface area contributed by atoms with Gasteiger partial charge in [0.1, 0.15) is 0 Å². The molecule has 0 saturated carbocycles. The van der Waals surface area contributed by atoms with Crippen LogP contribution >= 0.6 is 39.9 Å². The Bertz CT molecular complexity index is 595. The van der Waals surface area contributed by atoms with Crippen LogP contribution in [0.4, 0.5) is 0 Å². The Morgan fingerprint density at radius 3 is 2.95 bits per heavy atom. The summed E-state index contributed by atoms with van der Waals surface area (Å²) in [7, 11) is 0. The number of amides is 1. The molecule has 0 radical (unpaired) electrons. The number of thiol groups is 1. The van der Waals surface area contributed by atoms with Crippen molar-refractivity contribution in [2.45, 2.75) is 24.8 Å². The van der Waals surface area contributed by atoms with Crippen LogP contribution in [0.2, 0.25) is 0 Å². The molecule has 0 fully saturated rings. The van der Waals surface area contributed by atoms with Crippen LogP contribution in [0.5, 0.6) is 0 Å². The van der Waals surface area contributed by atoms with Crippen LogP contribution in [0, 0.1) is 0 Å². The predicted molar refractivity (Wildman–Crippen MR) is 86.3 cm³/mol. The molecule has 0 spiro atoms. The summed E-state index contributed by atoms with van der Waals surface area (Å²) in [4.78, 5) is 14.1. The molecule has 1 aromatic heterocycles. The normalized spacial score (nSPS) is 10.5. The maximum absolute atomic E-state index is 12.1. The first-order chi connectivity index (χ1) is 9.11. The number of thiophene rings is 1. The van der Waals surface area contributed by atoms with E-state index in [9.17, 15) is 4.79 Å². The van der Waals surface area contributed by atoms with Crippen LogP contribution in [-0.4, -0.2) is 5.91 Å². The first-order valence-corrected chi connectivity index (χ1v) is 8.05. The third-order valence-corrected chi connectivity index (χ3v) is 4.76. The second-order valence-corrected chi connectivity index (χ2v) is 6.44. The summed E-state index contributed by atoms with van der Waals surface area (Å²) in [5.41, 5.74) is 1.91. The van der Waals surface area contributed by atoms with E-state index in [2.05, 4.69) is 52.2 Å². The van der Waals surface area contributed by atoms with Gasteiger partial charge in [-0.3, -0.25) is 4.79 Å². The summed E-state index contributed by atoms with van der Waals surface area (Å²) in [6.45, 7) is 2.69. The SMILES string of the molecule is CCc1ccsc1CNC(=O)c1cc(S)ccc1Br. The largest absolute Gasteiger partial charge is 0.347 e. The van der Waals surface area contributed by atoms with Gasteiger partial charge in [-0.15, -0.1) is 24.0 Å². The molecule has 0 aliphatic rings. The highest BCUT2D eigenvalue weighted by Crippen LogP contribution is 2.21. The zero-order valence-electron chi connectivity index (χ0n) is 10.4. The molecule has 1 aromatic carbocycles. The molecule has 0 bridgehead atoms. The van der Waals surface area contributed by atoms with E-state index in [1.165, 1.54) is 10.4 Å². The molecule has 19 heavy (non-hydrogen) atoms. The maximum atomic E-state index is 12.1. The number of carbonyl (C=O) groups excluding carboxylic acids is 1. The molecule has 2 aromatic rings. The Morgan fingerprint density at radius 2 is 2.21 bits per heavy atom. The van der Waals surface area contributed by atoms with E-state index in [0.717, 1.165) is 15.8 Å². The van der Waals surface area contributed by atoms with Crippen molar-refractivity contribution in [3.8, 4) is 0 Å². The van der Waals surface area contributed by atoms with Crippen LogP contribution in [-0.2, 0) is 13.0 Å². The molecule has 0 aliphatic heterocycles. The fraction of sp³-hybridized carbons (Fsp3) is 0.214. The van der Waals surface area contributed by atoms with Gasteiger partial charge in [-0.2, -0.15) is 0 Å². The maximum Gasteiger partial charge on any atom is 0.252 e. The van der Waals surface area contributed by atoms with Crippen molar-refractivity contribution in [2.75, 3.05) is 0 Å². The molecule has 0 aliphatic carbocycles. The molecule has 2 rings (SSSR count). The molecular weight excluding hydrogens is 342 g/mol. The third kappa shape index (κ3) is 3.61. The molecular formula is C14H14BrNOS2. The van der Waals surface area contributed by atoms with Crippen molar-refractivity contribution in [1.82, 2.24) is 5.32 Å². The summed E-state index contributed by atoms with van der Waals surface area (Å²) in [5.74, 6) is -0.0850. The third-order valence-electron chi connectivity index (χ3n) is 2.82. The van der Waals surface area contributed by atoms with Crippen molar-refractivity contribution >= 4 is 45.8 Å². The summed E-state index contributed by atoms with van der Waals surface area (Å²) >= 11 is 9.32.